The van der Waals surface area contributed by atoms with Crippen LogP contribution in [0.15, 0.2) is 24.3 Å². The van der Waals surface area contributed by atoms with Crippen molar-refractivity contribution in [2.24, 2.45) is 5.92 Å². The van der Waals surface area contributed by atoms with Crippen LogP contribution in [0.4, 0.5) is 0 Å². The molecule has 4 heteroatoms. The van der Waals surface area contributed by atoms with Crippen molar-refractivity contribution in [1.29, 1.82) is 0 Å². The van der Waals surface area contributed by atoms with E-state index in [4.69, 9.17) is 0 Å². The Hall–Kier alpha value is -1.00. The van der Waals surface area contributed by atoms with E-state index in [1.165, 1.54) is 12.0 Å². The number of amides is 1. The fourth-order valence-corrected chi connectivity index (χ4v) is 3.44. The van der Waals surface area contributed by atoms with E-state index in [1.807, 2.05) is 23.9 Å². The number of benzene rings is 1. The van der Waals surface area contributed by atoms with Crippen molar-refractivity contribution in [2.75, 3.05) is 25.4 Å². The molecule has 122 valence electrons. The van der Waals surface area contributed by atoms with Crippen LogP contribution in [-0.4, -0.2) is 42.2 Å². The molecule has 1 N–H and O–H groups in total. The summed E-state index contributed by atoms with van der Waals surface area (Å²) in [6.45, 7) is 9.68. The van der Waals surface area contributed by atoms with Gasteiger partial charge in [0.2, 0.25) is 0 Å². The number of carbonyl (C=O) groups excluding carboxylic acids is 1. The summed E-state index contributed by atoms with van der Waals surface area (Å²) in [5.74, 6) is 2.78. The van der Waals surface area contributed by atoms with Gasteiger partial charge in [-0.25, -0.2) is 0 Å². The molecule has 1 atom stereocenters. The molecule has 3 nitrogen and oxygen atoms in total. The number of nitrogens with one attached hydrogen (secondary N) is 1. The standard InChI is InChI=1S/C18H28N2OS/c1-4-22-13-15-5-7-17(8-6-15)18(21)19-11-16-9-10-20(12-16)14(2)3/h5-8,14,16H,4,9-13H2,1-3H3,(H,19,21). The number of thioether (sulfide) groups is 1. The molecule has 1 aromatic carbocycles. The van der Waals surface area contributed by atoms with Crippen LogP contribution in [0.1, 0.15) is 43.1 Å². The fourth-order valence-electron chi connectivity index (χ4n) is 2.81. The summed E-state index contributed by atoms with van der Waals surface area (Å²) in [5.41, 5.74) is 2.05. The first kappa shape index (κ1) is 17.4. The molecule has 1 aliphatic rings. The van der Waals surface area contributed by atoms with Crippen LogP contribution < -0.4 is 5.32 Å². The number of likely N-dealkylation sites (tertiary alicyclic amines) is 1. The Morgan fingerprint density at radius 1 is 1.36 bits per heavy atom. The number of rotatable bonds is 7. The van der Waals surface area contributed by atoms with Crippen molar-refractivity contribution < 1.29 is 4.79 Å². The molecule has 0 aliphatic carbocycles. The summed E-state index contributed by atoms with van der Waals surface area (Å²) in [5, 5.41) is 3.09. The van der Waals surface area contributed by atoms with Crippen molar-refractivity contribution in [2.45, 2.75) is 39.0 Å². The second-order valence-electron chi connectivity index (χ2n) is 6.29. The molecule has 0 spiro atoms. The van der Waals surface area contributed by atoms with Gasteiger partial charge >= 0.3 is 0 Å². The van der Waals surface area contributed by atoms with E-state index < -0.39 is 0 Å². The number of hydrogen-bond donors (Lipinski definition) is 1. The Morgan fingerprint density at radius 2 is 2.09 bits per heavy atom. The summed E-state index contributed by atoms with van der Waals surface area (Å²) in [6.07, 6.45) is 1.19. The molecular formula is C18H28N2OS. The summed E-state index contributed by atoms with van der Waals surface area (Å²) < 4.78 is 0. The first-order valence-corrected chi connectivity index (χ1v) is 9.44. The van der Waals surface area contributed by atoms with E-state index >= 15 is 0 Å². The normalized spacial score (nSPS) is 18.8. The minimum atomic E-state index is 0.0534. The van der Waals surface area contributed by atoms with Gasteiger partial charge in [-0.3, -0.25) is 4.79 Å². The average molecular weight is 321 g/mol. The zero-order valence-corrected chi connectivity index (χ0v) is 14.8. The lowest BCUT2D eigenvalue weighted by Crippen LogP contribution is -2.32. The third kappa shape index (κ3) is 5.03. The fraction of sp³-hybridized carbons (Fsp3) is 0.611. The Balaban J connectivity index is 1.77. The van der Waals surface area contributed by atoms with Gasteiger partial charge in [0.05, 0.1) is 0 Å². The van der Waals surface area contributed by atoms with E-state index in [0.717, 1.165) is 36.7 Å². The Labute approximate surface area is 138 Å². The lowest BCUT2D eigenvalue weighted by atomic mass is 10.1. The second kappa shape index (κ2) is 8.59. The highest BCUT2D eigenvalue weighted by atomic mass is 32.2. The number of hydrogen-bond acceptors (Lipinski definition) is 3. The molecule has 0 saturated carbocycles. The van der Waals surface area contributed by atoms with Crippen molar-refractivity contribution in [1.82, 2.24) is 10.2 Å². The van der Waals surface area contributed by atoms with Crippen molar-refractivity contribution in [3.05, 3.63) is 35.4 Å². The molecule has 1 aromatic rings. The third-order valence-electron chi connectivity index (χ3n) is 4.29. The largest absolute Gasteiger partial charge is 0.352 e. The maximum Gasteiger partial charge on any atom is 0.251 e. The molecule has 1 amide bonds. The van der Waals surface area contributed by atoms with E-state index in [1.54, 1.807) is 0 Å². The zero-order chi connectivity index (χ0) is 15.9. The molecule has 0 bridgehead atoms. The van der Waals surface area contributed by atoms with Crippen LogP contribution in [0.5, 0.6) is 0 Å². The third-order valence-corrected chi connectivity index (χ3v) is 5.23. The van der Waals surface area contributed by atoms with Crippen molar-refractivity contribution >= 4 is 17.7 Å². The van der Waals surface area contributed by atoms with Gasteiger partial charge in [0.1, 0.15) is 0 Å². The summed E-state index contributed by atoms with van der Waals surface area (Å²) in [7, 11) is 0. The number of carbonyl (C=O) groups is 1. The Kier molecular flexibility index (Phi) is 6.77. The van der Waals surface area contributed by atoms with Crippen LogP contribution in [0.3, 0.4) is 0 Å². The monoisotopic (exact) mass is 320 g/mol. The molecule has 0 aromatic heterocycles. The summed E-state index contributed by atoms with van der Waals surface area (Å²) in [6, 6.07) is 8.61. The predicted octanol–water partition coefficient (Wildman–Crippen LogP) is 3.40. The molecular weight excluding hydrogens is 292 g/mol. The molecule has 1 aliphatic heterocycles. The van der Waals surface area contributed by atoms with Crippen LogP contribution in [-0.2, 0) is 5.75 Å². The lowest BCUT2D eigenvalue weighted by Gasteiger charge is -2.20. The maximum absolute atomic E-state index is 12.2. The van der Waals surface area contributed by atoms with Gasteiger partial charge in [0.15, 0.2) is 0 Å². The lowest BCUT2D eigenvalue weighted by molar-refractivity contribution is 0.0947. The van der Waals surface area contributed by atoms with Gasteiger partial charge in [-0.05, 0) is 56.2 Å². The smallest absolute Gasteiger partial charge is 0.251 e. The topological polar surface area (TPSA) is 32.3 Å². The molecule has 1 fully saturated rings. The van der Waals surface area contributed by atoms with Crippen LogP contribution >= 0.6 is 11.8 Å². The quantitative estimate of drug-likeness (QED) is 0.836. The van der Waals surface area contributed by atoms with Gasteiger partial charge in [-0.15, -0.1) is 0 Å². The molecule has 1 saturated heterocycles. The zero-order valence-electron chi connectivity index (χ0n) is 14.0. The molecule has 1 heterocycles. The highest BCUT2D eigenvalue weighted by Gasteiger charge is 2.24. The summed E-state index contributed by atoms with van der Waals surface area (Å²) in [4.78, 5) is 14.7. The SMILES string of the molecule is CCSCc1ccc(C(=O)NCC2CCN(C(C)C)C2)cc1. The van der Waals surface area contributed by atoms with Crippen LogP contribution in [0.25, 0.3) is 0 Å². The van der Waals surface area contributed by atoms with E-state index in [9.17, 15) is 4.79 Å². The Bertz CT molecular complexity index is 472. The minimum absolute atomic E-state index is 0.0534. The predicted molar refractivity (Wildman–Crippen MR) is 95.4 cm³/mol. The van der Waals surface area contributed by atoms with E-state index in [0.29, 0.717) is 12.0 Å². The van der Waals surface area contributed by atoms with Gasteiger partial charge in [0, 0.05) is 30.4 Å². The van der Waals surface area contributed by atoms with Crippen molar-refractivity contribution in [3.63, 3.8) is 0 Å². The van der Waals surface area contributed by atoms with E-state index in [-0.39, 0.29) is 5.91 Å². The van der Waals surface area contributed by atoms with Crippen LogP contribution in [0, 0.1) is 5.92 Å². The summed E-state index contributed by atoms with van der Waals surface area (Å²) >= 11 is 1.90. The highest BCUT2D eigenvalue weighted by molar-refractivity contribution is 7.98. The van der Waals surface area contributed by atoms with Gasteiger partial charge < -0.3 is 10.2 Å². The maximum atomic E-state index is 12.2. The second-order valence-corrected chi connectivity index (χ2v) is 7.56. The van der Waals surface area contributed by atoms with Crippen molar-refractivity contribution in [3.8, 4) is 0 Å². The first-order chi connectivity index (χ1) is 10.6. The molecule has 1 unspecified atom stereocenters. The van der Waals surface area contributed by atoms with Gasteiger partial charge in [-0.2, -0.15) is 11.8 Å². The molecule has 2 rings (SSSR count). The van der Waals surface area contributed by atoms with Gasteiger partial charge in [0.25, 0.3) is 5.91 Å². The minimum Gasteiger partial charge on any atom is -0.352 e. The molecule has 0 radical (unpaired) electrons. The van der Waals surface area contributed by atoms with Crippen LogP contribution in [0.2, 0.25) is 0 Å². The number of nitrogens with zero attached hydrogens (tertiary/aromatic N) is 1. The Morgan fingerprint density at radius 3 is 2.68 bits per heavy atom. The average Bonchev–Trinajstić information content (AvgIpc) is 3.00. The van der Waals surface area contributed by atoms with Gasteiger partial charge in [-0.1, -0.05) is 19.1 Å². The van der Waals surface area contributed by atoms with E-state index in [2.05, 4.69) is 43.1 Å². The molecule has 22 heavy (non-hydrogen) atoms. The first-order valence-electron chi connectivity index (χ1n) is 8.29. The highest BCUT2D eigenvalue weighted by Crippen LogP contribution is 2.18.